The molecule has 2 N–H and O–H groups in total. The van der Waals surface area contributed by atoms with E-state index in [1.807, 2.05) is 6.07 Å². The van der Waals surface area contributed by atoms with Crippen molar-refractivity contribution in [2.24, 2.45) is 0 Å². The normalized spacial score (nSPS) is 7.08. The standard InChI is InChI=1S/C6H6O.C2H4O2.Cu/c7-6-4-2-1-3-5-6;1-2(3)4;/h1-5,7H;1H3,(H,3,4);. The fourth-order valence-corrected chi connectivity index (χ4v) is 0.428. The zero-order valence-corrected chi connectivity index (χ0v) is 7.43. The third-order valence-corrected chi connectivity index (χ3v) is 0.756. The molecule has 0 atom stereocenters. The number of aromatic hydroxyl groups is 1. The van der Waals surface area contributed by atoms with E-state index in [1.54, 1.807) is 24.3 Å². The summed E-state index contributed by atoms with van der Waals surface area (Å²) < 4.78 is 0. The predicted molar refractivity (Wildman–Crippen MR) is 41.4 cm³/mol. The fraction of sp³-hybridized carbons (Fsp3) is 0.125. The first-order chi connectivity index (χ1) is 5.13. The number of phenolic OH excluding ortho intramolecular Hbond substituents is 1. The van der Waals surface area contributed by atoms with Gasteiger partial charge in [0.05, 0.1) is 0 Å². The van der Waals surface area contributed by atoms with Gasteiger partial charge < -0.3 is 10.2 Å². The molecule has 0 saturated carbocycles. The zero-order valence-electron chi connectivity index (χ0n) is 6.49. The Bertz CT molecular complexity index is 207. The van der Waals surface area contributed by atoms with Gasteiger partial charge in [0.15, 0.2) is 0 Å². The minimum Gasteiger partial charge on any atom is -0.508 e. The van der Waals surface area contributed by atoms with Gasteiger partial charge in [-0.15, -0.1) is 0 Å². The molecule has 0 unspecified atom stereocenters. The van der Waals surface area contributed by atoms with Crippen LogP contribution in [0.25, 0.3) is 0 Å². The van der Waals surface area contributed by atoms with Gasteiger partial charge in [-0.2, -0.15) is 0 Å². The van der Waals surface area contributed by atoms with E-state index < -0.39 is 5.97 Å². The second kappa shape index (κ2) is 8.11. The number of para-hydroxylation sites is 1. The summed E-state index contributed by atoms with van der Waals surface area (Å²) in [6, 6.07) is 8.71. The van der Waals surface area contributed by atoms with E-state index in [0.717, 1.165) is 6.92 Å². The minimum atomic E-state index is -0.833. The van der Waals surface area contributed by atoms with E-state index in [4.69, 9.17) is 15.0 Å². The van der Waals surface area contributed by atoms with Gasteiger partial charge in [0.1, 0.15) is 5.75 Å². The van der Waals surface area contributed by atoms with Crippen LogP contribution in [-0.4, -0.2) is 16.2 Å². The van der Waals surface area contributed by atoms with Crippen LogP contribution in [0.5, 0.6) is 5.75 Å². The number of phenols is 1. The Morgan fingerprint density at radius 1 is 1.25 bits per heavy atom. The predicted octanol–water partition coefficient (Wildman–Crippen LogP) is 1.48. The minimum absolute atomic E-state index is 0. The van der Waals surface area contributed by atoms with E-state index in [1.165, 1.54) is 0 Å². The molecule has 1 aromatic carbocycles. The van der Waals surface area contributed by atoms with Crippen LogP contribution in [0.4, 0.5) is 0 Å². The van der Waals surface area contributed by atoms with Gasteiger partial charge in [-0.25, -0.2) is 0 Å². The maximum absolute atomic E-state index is 9.00. The second-order valence-electron chi connectivity index (χ2n) is 1.85. The number of carboxylic acids is 1. The van der Waals surface area contributed by atoms with Crippen molar-refractivity contribution < 1.29 is 32.1 Å². The number of rotatable bonds is 0. The molecule has 3 nitrogen and oxygen atoms in total. The molecule has 1 aromatic rings. The number of hydrogen-bond donors (Lipinski definition) is 2. The first-order valence-electron chi connectivity index (χ1n) is 3.06. The van der Waals surface area contributed by atoms with Crippen molar-refractivity contribution in [1.29, 1.82) is 0 Å². The number of benzene rings is 1. The summed E-state index contributed by atoms with van der Waals surface area (Å²) >= 11 is 0. The van der Waals surface area contributed by atoms with E-state index in [2.05, 4.69) is 0 Å². The van der Waals surface area contributed by atoms with Gasteiger partial charge >= 0.3 is 0 Å². The number of carboxylic acid groups (broad SMARTS) is 1. The Kier molecular flexibility index (Phi) is 9.18. The van der Waals surface area contributed by atoms with Crippen molar-refractivity contribution in [2.45, 2.75) is 6.92 Å². The van der Waals surface area contributed by atoms with Crippen LogP contribution in [0, 0.1) is 0 Å². The van der Waals surface area contributed by atoms with Gasteiger partial charge in [-0.1, -0.05) is 18.2 Å². The Labute approximate surface area is 81.5 Å². The molecule has 0 amide bonds. The van der Waals surface area contributed by atoms with E-state index >= 15 is 0 Å². The molecule has 0 spiro atoms. The van der Waals surface area contributed by atoms with Crippen molar-refractivity contribution in [2.75, 3.05) is 0 Å². The maximum atomic E-state index is 9.00. The smallest absolute Gasteiger partial charge is 0.300 e. The molecular weight excluding hydrogens is 208 g/mol. The molecule has 1 radical (unpaired) electrons. The first-order valence-corrected chi connectivity index (χ1v) is 3.06. The van der Waals surface area contributed by atoms with Crippen LogP contribution in [-0.2, 0) is 21.9 Å². The molecular formula is C8H10CuO3. The van der Waals surface area contributed by atoms with E-state index in [9.17, 15) is 0 Å². The molecule has 71 valence electrons. The molecule has 0 aromatic heterocycles. The average molecular weight is 218 g/mol. The average Bonchev–Trinajstić information content (AvgIpc) is 1.87. The third kappa shape index (κ3) is 11.8. The molecule has 0 aliphatic heterocycles. The molecule has 4 heteroatoms. The Morgan fingerprint density at radius 3 is 1.75 bits per heavy atom. The summed E-state index contributed by atoms with van der Waals surface area (Å²) in [5.41, 5.74) is 0. The van der Waals surface area contributed by atoms with Crippen molar-refractivity contribution in [3.8, 4) is 5.75 Å². The van der Waals surface area contributed by atoms with Crippen LogP contribution in [0.1, 0.15) is 6.92 Å². The third-order valence-electron chi connectivity index (χ3n) is 0.756. The molecule has 0 saturated heterocycles. The van der Waals surface area contributed by atoms with Crippen LogP contribution in [0.2, 0.25) is 0 Å². The van der Waals surface area contributed by atoms with Gasteiger partial charge in [0, 0.05) is 24.0 Å². The summed E-state index contributed by atoms with van der Waals surface area (Å²) in [6.45, 7) is 1.08. The summed E-state index contributed by atoms with van der Waals surface area (Å²) in [7, 11) is 0. The van der Waals surface area contributed by atoms with Crippen LogP contribution in [0.15, 0.2) is 30.3 Å². The van der Waals surface area contributed by atoms with Gasteiger partial charge in [-0.3, -0.25) is 4.79 Å². The largest absolute Gasteiger partial charge is 0.508 e. The molecule has 0 heterocycles. The summed E-state index contributed by atoms with van der Waals surface area (Å²) in [6.07, 6.45) is 0. The van der Waals surface area contributed by atoms with Crippen LogP contribution >= 0.6 is 0 Å². The fourth-order valence-electron chi connectivity index (χ4n) is 0.428. The van der Waals surface area contributed by atoms with Crippen molar-refractivity contribution in [3.63, 3.8) is 0 Å². The molecule has 0 fully saturated rings. The topological polar surface area (TPSA) is 57.5 Å². The number of aliphatic carboxylic acids is 1. The zero-order chi connectivity index (χ0) is 8.69. The maximum Gasteiger partial charge on any atom is 0.300 e. The van der Waals surface area contributed by atoms with Crippen molar-refractivity contribution in [3.05, 3.63) is 30.3 Å². The van der Waals surface area contributed by atoms with Gasteiger partial charge in [0.25, 0.3) is 5.97 Å². The Hall–Kier alpha value is -0.991. The number of carbonyl (C=O) groups is 1. The van der Waals surface area contributed by atoms with Gasteiger partial charge in [0.2, 0.25) is 0 Å². The second-order valence-corrected chi connectivity index (χ2v) is 1.85. The van der Waals surface area contributed by atoms with Gasteiger partial charge in [-0.05, 0) is 12.1 Å². The summed E-state index contributed by atoms with van der Waals surface area (Å²) in [4.78, 5) is 9.00. The van der Waals surface area contributed by atoms with E-state index in [-0.39, 0.29) is 17.1 Å². The molecule has 0 aliphatic rings. The molecule has 0 aliphatic carbocycles. The van der Waals surface area contributed by atoms with E-state index in [0.29, 0.717) is 5.75 Å². The monoisotopic (exact) mass is 217 g/mol. The van der Waals surface area contributed by atoms with Crippen LogP contribution in [0.3, 0.4) is 0 Å². The molecule has 12 heavy (non-hydrogen) atoms. The van der Waals surface area contributed by atoms with Crippen molar-refractivity contribution >= 4 is 5.97 Å². The molecule has 1 rings (SSSR count). The van der Waals surface area contributed by atoms with Crippen LogP contribution < -0.4 is 0 Å². The Morgan fingerprint density at radius 2 is 1.58 bits per heavy atom. The SMILES string of the molecule is CC(=O)O.Oc1ccccc1.[Cu]. The Balaban J connectivity index is 0. The quantitative estimate of drug-likeness (QED) is 0.648. The summed E-state index contributed by atoms with van der Waals surface area (Å²) in [5, 5.41) is 16.0. The molecule has 0 bridgehead atoms. The first kappa shape index (κ1) is 13.6. The summed E-state index contributed by atoms with van der Waals surface area (Å²) in [5.74, 6) is -0.512. The van der Waals surface area contributed by atoms with Crippen molar-refractivity contribution in [1.82, 2.24) is 0 Å². The number of hydrogen-bond acceptors (Lipinski definition) is 2.